The first-order chi connectivity index (χ1) is 12.3. The first-order valence-corrected chi connectivity index (χ1v) is 8.35. The lowest BCUT2D eigenvalue weighted by Gasteiger charge is -2.20. The van der Waals surface area contributed by atoms with Gasteiger partial charge in [-0.25, -0.2) is 14.6 Å². The second-order valence-corrected chi connectivity index (χ2v) is 5.97. The summed E-state index contributed by atoms with van der Waals surface area (Å²) in [6, 6.07) is 0. The van der Waals surface area contributed by atoms with Crippen LogP contribution < -0.4 is 4.74 Å². The molecule has 1 aliphatic heterocycles. The number of hydrogen-bond donors (Lipinski definition) is 2. The second-order valence-electron chi connectivity index (χ2n) is 5.97. The normalized spacial score (nSPS) is 15.8. The van der Waals surface area contributed by atoms with Gasteiger partial charge in [0.15, 0.2) is 0 Å². The number of carboxylic acid groups (broad SMARTS) is 2. The summed E-state index contributed by atoms with van der Waals surface area (Å²) in [5, 5.41) is 15.6. The maximum absolute atomic E-state index is 9.55. The van der Waals surface area contributed by atoms with Crippen molar-refractivity contribution in [1.82, 2.24) is 9.88 Å². The Bertz CT molecular complexity index is 661. The van der Waals surface area contributed by atoms with Crippen molar-refractivity contribution in [2.75, 3.05) is 27.2 Å². The van der Waals surface area contributed by atoms with Crippen molar-refractivity contribution in [3.63, 3.8) is 0 Å². The summed E-state index contributed by atoms with van der Waals surface area (Å²) in [6.45, 7) is 6.28. The summed E-state index contributed by atoms with van der Waals surface area (Å²) < 4.78 is 11.0. The molecule has 2 heterocycles. The molecule has 1 aliphatic rings. The molecule has 0 spiro atoms. The van der Waals surface area contributed by atoms with Gasteiger partial charge in [0, 0.05) is 36.7 Å². The summed E-state index contributed by atoms with van der Waals surface area (Å²) >= 11 is 0. The van der Waals surface area contributed by atoms with Gasteiger partial charge in [-0.2, -0.15) is 0 Å². The monoisotopic (exact) mass is 366 g/mol. The molecule has 0 bridgehead atoms. The van der Waals surface area contributed by atoms with E-state index in [-0.39, 0.29) is 0 Å². The van der Waals surface area contributed by atoms with E-state index in [1.54, 1.807) is 7.11 Å². The Morgan fingerprint density at radius 1 is 1.38 bits per heavy atom. The van der Waals surface area contributed by atoms with Gasteiger partial charge in [-0.1, -0.05) is 19.9 Å². The molecule has 0 fully saturated rings. The van der Waals surface area contributed by atoms with Crippen molar-refractivity contribution in [3.8, 4) is 5.95 Å². The summed E-state index contributed by atoms with van der Waals surface area (Å²) in [6.07, 6.45) is 5.41. The third-order valence-corrected chi connectivity index (χ3v) is 3.87. The SMILES string of the molecule is CC[C@@H](C)c1nc(C2=CCCN(C)C2)oc1OC.O=C(O)C=CC(=O)O. The summed E-state index contributed by atoms with van der Waals surface area (Å²) in [4.78, 5) is 26.0. The molecule has 2 N–H and O–H groups in total. The number of aromatic nitrogens is 1. The Kier molecular flexibility index (Phi) is 8.57. The summed E-state index contributed by atoms with van der Waals surface area (Å²) in [5.41, 5.74) is 2.10. The van der Waals surface area contributed by atoms with Crippen LogP contribution in [-0.2, 0) is 9.59 Å². The van der Waals surface area contributed by atoms with E-state index in [2.05, 4.69) is 36.9 Å². The maximum Gasteiger partial charge on any atom is 0.328 e. The maximum atomic E-state index is 9.55. The van der Waals surface area contributed by atoms with Crippen LogP contribution in [0, 0.1) is 0 Å². The highest BCUT2D eigenvalue weighted by Crippen LogP contribution is 2.32. The zero-order valence-electron chi connectivity index (χ0n) is 15.6. The molecular weight excluding hydrogens is 340 g/mol. The quantitative estimate of drug-likeness (QED) is 0.739. The van der Waals surface area contributed by atoms with E-state index in [0.717, 1.165) is 37.2 Å². The minimum atomic E-state index is -1.26. The minimum Gasteiger partial charge on any atom is -0.478 e. The van der Waals surface area contributed by atoms with Crippen molar-refractivity contribution in [1.29, 1.82) is 0 Å². The topological polar surface area (TPSA) is 113 Å². The molecule has 0 unspecified atom stereocenters. The third kappa shape index (κ3) is 6.72. The van der Waals surface area contributed by atoms with Crippen LogP contribution in [0.4, 0.5) is 0 Å². The number of nitrogens with zero attached hydrogens (tertiary/aromatic N) is 2. The molecule has 0 saturated heterocycles. The summed E-state index contributed by atoms with van der Waals surface area (Å²) in [7, 11) is 3.75. The molecule has 8 heteroatoms. The van der Waals surface area contributed by atoms with Gasteiger partial charge in [0.1, 0.15) is 5.69 Å². The standard InChI is InChI=1S/C14H22N2O2.C4H4O4/c1-5-10(2)12-14(17-4)18-13(15-12)11-7-6-8-16(3)9-11;5-3(6)1-2-4(7)8/h7,10H,5-6,8-9H2,1-4H3;1-2H,(H,5,6)(H,7,8)/t10-;/m1./s1. The fraction of sp³-hybridized carbons (Fsp3) is 0.500. The molecule has 1 atom stereocenters. The lowest BCUT2D eigenvalue weighted by Crippen LogP contribution is -2.25. The average molecular weight is 366 g/mol. The van der Waals surface area contributed by atoms with Crippen molar-refractivity contribution in [2.24, 2.45) is 0 Å². The fourth-order valence-corrected chi connectivity index (χ4v) is 2.30. The van der Waals surface area contributed by atoms with E-state index in [9.17, 15) is 9.59 Å². The fourth-order valence-electron chi connectivity index (χ4n) is 2.30. The van der Waals surface area contributed by atoms with Crippen LogP contribution in [0.1, 0.15) is 44.2 Å². The molecule has 0 radical (unpaired) electrons. The molecule has 2 rings (SSSR count). The van der Waals surface area contributed by atoms with Crippen molar-refractivity contribution < 1.29 is 29.0 Å². The van der Waals surface area contributed by atoms with Crippen LogP contribution in [0.5, 0.6) is 5.95 Å². The molecular formula is C18H26N2O6. The van der Waals surface area contributed by atoms with E-state index in [1.807, 2.05) is 0 Å². The number of carbonyl (C=O) groups is 2. The first kappa shape index (κ1) is 21.4. The number of ether oxygens (including phenoxy) is 1. The van der Waals surface area contributed by atoms with Crippen LogP contribution in [0.15, 0.2) is 22.6 Å². The predicted molar refractivity (Wildman–Crippen MR) is 96.3 cm³/mol. The van der Waals surface area contributed by atoms with Crippen molar-refractivity contribution in [2.45, 2.75) is 32.6 Å². The number of oxazole rings is 1. The highest BCUT2D eigenvalue weighted by atomic mass is 16.6. The Morgan fingerprint density at radius 3 is 2.46 bits per heavy atom. The zero-order chi connectivity index (χ0) is 19.7. The zero-order valence-corrected chi connectivity index (χ0v) is 15.6. The van der Waals surface area contributed by atoms with Crippen LogP contribution in [0.2, 0.25) is 0 Å². The van der Waals surface area contributed by atoms with Crippen LogP contribution in [0.25, 0.3) is 5.57 Å². The Hall–Kier alpha value is -2.61. The van der Waals surface area contributed by atoms with Gasteiger partial charge in [0.05, 0.1) is 7.11 Å². The molecule has 26 heavy (non-hydrogen) atoms. The number of methoxy groups -OCH3 is 1. The molecule has 0 aromatic carbocycles. The van der Waals surface area contributed by atoms with Gasteiger partial charge >= 0.3 is 17.9 Å². The molecule has 0 saturated carbocycles. The number of likely N-dealkylation sites (N-methyl/N-ethyl adjacent to an activating group) is 1. The van der Waals surface area contributed by atoms with Crippen LogP contribution in [0.3, 0.4) is 0 Å². The van der Waals surface area contributed by atoms with Gasteiger partial charge < -0.3 is 24.3 Å². The van der Waals surface area contributed by atoms with Crippen molar-refractivity contribution >= 4 is 17.5 Å². The number of carboxylic acids is 2. The summed E-state index contributed by atoms with van der Waals surface area (Å²) in [5.74, 6) is -0.874. The van der Waals surface area contributed by atoms with Gasteiger partial charge in [0.2, 0.25) is 5.89 Å². The number of aliphatic carboxylic acids is 2. The smallest absolute Gasteiger partial charge is 0.328 e. The molecule has 8 nitrogen and oxygen atoms in total. The number of rotatable bonds is 6. The van der Waals surface area contributed by atoms with Gasteiger partial charge in [-0.05, 0) is 19.9 Å². The van der Waals surface area contributed by atoms with E-state index in [4.69, 9.17) is 19.4 Å². The minimum absolute atomic E-state index is 0.361. The number of hydrogen-bond acceptors (Lipinski definition) is 6. The predicted octanol–water partition coefficient (Wildman–Crippen LogP) is 2.63. The first-order valence-electron chi connectivity index (χ1n) is 8.35. The third-order valence-electron chi connectivity index (χ3n) is 3.87. The van der Waals surface area contributed by atoms with E-state index in [1.165, 1.54) is 0 Å². The van der Waals surface area contributed by atoms with Crippen LogP contribution in [-0.4, -0.2) is 59.3 Å². The van der Waals surface area contributed by atoms with Gasteiger partial charge in [-0.3, -0.25) is 0 Å². The lowest BCUT2D eigenvalue weighted by molar-refractivity contribution is -0.134. The Balaban J connectivity index is 0.000000359. The largest absolute Gasteiger partial charge is 0.478 e. The molecule has 1 aromatic rings. The highest BCUT2D eigenvalue weighted by molar-refractivity contribution is 5.89. The van der Waals surface area contributed by atoms with E-state index < -0.39 is 11.9 Å². The van der Waals surface area contributed by atoms with Crippen LogP contribution >= 0.6 is 0 Å². The van der Waals surface area contributed by atoms with E-state index in [0.29, 0.717) is 29.9 Å². The Labute approximate surface area is 152 Å². The lowest BCUT2D eigenvalue weighted by atomic mass is 10.1. The van der Waals surface area contributed by atoms with Gasteiger partial charge in [-0.15, -0.1) is 0 Å². The second kappa shape index (κ2) is 10.4. The average Bonchev–Trinajstić information content (AvgIpc) is 3.04. The molecule has 0 aliphatic carbocycles. The molecule has 0 amide bonds. The van der Waals surface area contributed by atoms with E-state index >= 15 is 0 Å². The van der Waals surface area contributed by atoms with Gasteiger partial charge in [0.25, 0.3) is 0 Å². The highest BCUT2D eigenvalue weighted by Gasteiger charge is 2.22. The molecule has 144 valence electrons. The van der Waals surface area contributed by atoms with Crippen molar-refractivity contribution in [3.05, 3.63) is 29.8 Å². The molecule has 1 aromatic heterocycles. The Morgan fingerprint density at radius 2 is 2.00 bits per heavy atom.